The minimum Gasteiger partial charge on any atom is -0.490 e. The van der Waals surface area contributed by atoms with E-state index in [2.05, 4.69) is 0 Å². The summed E-state index contributed by atoms with van der Waals surface area (Å²) in [6.07, 6.45) is 0.420. The molecule has 8 heteroatoms. The third-order valence-electron chi connectivity index (χ3n) is 4.18. The van der Waals surface area contributed by atoms with Crippen LogP contribution in [0.2, 0.25) is 0 Å². The molecule has 0 bridgehead atoms. The van der Waals surface area contributed by atoms with Crippen molar-refractivity contribution in [2.24, 2.45) is 0 Å². The Morgan fingerprint density at radius 2 is 2.00 bits per heavy atom. The third kappa shape index (κ3) is 2.87. The fourth-order valence-corrected chi connectivity index (χ4v) is 3.95. The zero-order valence-electron chi connectivity index (χ0n) is 12.9. The first-order valence-electron chi connectivity index (χ1n) is 6.98. The first-order valence-corrected chi connectivity index (χ1v) is 8.63. The van der Waals surface area contributed by atoms with Gasteiger partial charge in [-0.1, -0.05) is 6.07 Å². The van der Waals surface area contributed by atoms with Gasteiger partial charge in [-0.3, -0.25) is 10.1 Å². The van der Waals surface area contributed by atoms with E-state index in [1.165, 1.54) is 13.2 Å². The van der Waals surface area contributed by atoms with Crippen molar-refractivity contribution in [2.75, 3.05) is 30.9 Å². The summed E-state index contributed by atoms with van der Waals surface area (Å²) in [6.45, 7) is 4.08. The van der Waals surface area contributed by atoms with E-state index in [9.17, 15) is 18.5 Å². The van der Waals surface area contributed by atoms with E-state index < -0.39 is 19.5 Å². The number of nitrogens with zero attached hydrogens (tertiary/aromatic N) is 2. The van der Waals surface area contributed by atoms with Gasteiger partial charge in [-0.15, -0.1) is 0 Å². The summed E-state index contributed by atoms with van der Waals surface area (Å²) in [4.78, 5) is 12.6. The number of hydrogen-bond acceptors (Lipinski definition) is 6. The molecule has 1 fully saturated rings. The fraction of sp³-hybridized carbons (Fsp3) is 0.571. The van der Waals surface area contributed by atoms with Crippen molar-refractivity contribution in [1.82, 2.24) is 0 Å². The van der Waals surface area contributed by atoms with Crippen molar-refractivity contribution in [3.05, 3.63) is 28.3 Å². The number of sulfone groups is 1. The van der Waals surface area contributed by atoms with Crippen molar-refractivity contribution in [1.29, 1.82) is 0 Å². The maximum Gasteiger partial charge on any atom is 0.333 e. The predicted octanol–water partition coefficient (Wildman–Crippen LogP) is 2.01. The highest BCUT2D eigenvalue weighted by molar-refractivity contribution is 7.92. The maximum absolute atomic E-state index is 12.3. The first kappa shape index (κ1) is 16.5. The minimum atomic E-state index is -3.23. The van der Waals surface area contributed by atoms with Gasteiger partial charge in [0.15, 0.2) is 15.6 Å². The number of anilines is 1. The van der Waals surface area contributed by atoms with Crippen molar-refractivity contribution < 1.29 is 18.1 Å². The van der Waals surface area contributed by atoms with Crippen LogP contribution in [-0.2, 0) is 9.84 Å². The van der Waals surface area contributed by atoms with Gasteiger partial charge >= 0.3 is 5.69 Å². The molecule has 0 radical (unpaired) electrons. The van der Waals surface area contributed by atoms with Crippen LogP contribution in [0.3, 0.4) is 0 Å². The van der Waals surface area contributed by atoms with Gasteiger partial charge in [0.05, 0.1) is 22.5 Å². The van der Waals surface area contributed by atoms with Crippen LogP contribution in [0.15, 0.2) is 18.2 Å². The second-order valence-corrected chi connectivity index (χ2v) is 8.64. The van der Waals surface area contributed by atoms with Crippen LogP contribution in [0, 0.1) is 10.1 Å². The Bertz CT molecular complexity index is 684. The van der Waals surface area contributed by atoms with Crippen LogP contribution >= 0.6 is 0 Å². The van der Waals surface area contributed by atoms with E-state index in [1.807, 2.05) is 0 Å². The largest absolute Gasteiger partial charge is 0.490 e. The summed E-state index contributed by atoms with van der Waals surface area (Å²) < 4.78 is 28.8. The van der Waals surface area contributed by atoms with Gasteiger partial charge in [-0.25, -0.2) is 8.42 Å². The molecule has 1 aliphatic heterocycles. The molecule has 1 aliphatic rings. The molecule has 0 atom stereocenters. The molecule has 1 heterocycles. The number of para-hydroxylation sites is 1. The molecule has 7 nitrogen and oxygen atoms in total. The highest BCUT2D eigenvalue weighted by Crippen LogP contribution is 2.38. The predicted molar refractivity (Wildman–Crippen MR) is 84.3 cm³/mol. The van der Waals surface area contributed by atoms with E-state index in [1.54, 1.807) is 30.9 Å². The lowest BCUT2D eigenvalue weighted by molar-refractivity contribution is -0.385. The van der Waals surface area contributed by atoms with Crippen molar-refractivity contribution in [3.63, 3.8) is 0 Å². The zero-order chi connectivity index (χ0) is 16.5. The SMILES string of the molecule is COc1cccc(N2CCC(C)(C)S(=O)(=O)CC2)c1[N+](=O)[O-]. The Labute approximate surface area is 129 Å². The highest BCUT2D eigenvalue weighted by Gasteiger charge is 2.38. The Kier molecular flexibility index (Phi) is 4.32. The van der Waals surface area contributed by atoms with Crippen LogP contribution < -0.4 is 9.64 Å². The lowest BCUT2D eigenvalue weighted by atomic mass is 10.1. The van der Waals surface area contributed by atoms with Crippen molar-refractivity contribution in [2.45, 2.75) is 25.0 Å². The molecule has 0 spiro atoms. The van der Waals surface area contributed by atoms with Crippen molar-refractivity contribution in [3.8, 4) is 5.75 Å². The van der Waals surface area contributed by atoms with Gasteiger partial charge in [-0.05, 0) is 32.4 Å². The smallest absolute Gasteiger partial charge is 0.333 e. The highest BCUT2D eigenvalue weighted by atomic mass is 32.2. The molecular weight excluding hydrogens is 308 g/mol. The third-order valence-corrected chi connectivity index (χ3v) is 6.78. The molecule has 1 aromatic rings. The van der Waals surface area contributed by atoms with Crippen LogP contribution in [-0.4, -0.2) is 44.0 Å². The molecule has 1 aromatic carbocycles. The standard InChI is InChI=1S/C14H20N2O5S/c1-14(2)7-8-15(9-10-22(14,19)20)11-5-4-6-12(21-3)13(11)16(17)18/h4-6H,7-10H2,1-3H3. The van der Waals surface area contributed by atoms with E-state index in [4.69, 9.17) is 4.74 Å². The molecule has 22 heavy (non-hydrogen) atoms. The monoisotopic (exact) mass is 328 g/mol. The number of methoxy groups -OCH3 is 1. The molecule has 2 rings (SSSR count). The molecule has 122 valence electrons. The fourth-order valence-electron chi connectivity index (χ4n) is 2.53. The number of ether oxygens (including phenoxy) is 1. The average Bonchev–Trinajstić information content (AvgIpc) is 2.55. The van der Waals surface area contributed by atoms with Gasteiger partial charge in [0.1, 0.15) is 5.69 Å². The van der Waals surface area contributed by atoms with Crippen LogP contribution in [0.25, 0.3) is 0 Å². The number of nitro benzene ring substituents is 1. The number of benzene rings is 1. The molecule has 0 saturated carbocycles. The summed E-state index contributed by atoms with van der Waals surface area (Å²) in [5, 5.41) is 11.4. The Hall–Kier alpha value is -1.83. The van der Waals surface area contributed by atoms with E-state index in [0.717, 1.165) is 0 Å². The molecule has 0 amide bonds. The van der Waals surface area contributed by atoms with Crippen LogP contribution in [0.4, 0.5) is 11.4 Å². The van der Waals surface area contributed by atoms with Crippen LogP contribution in [0.5, 0.6) is 5.75 Å². The number of rotatable bonds is 3. The minimum absolute atomic E-state index is 0.0195. The van der Waals surface area contributed by atoms with Gasteiger partial charge in [0, 0.05) is 13.1 Å². The second kappa shape index (κ2) is 5.75. The normalized spacial score (nSPS) is 20.2. The van der Waals surface area contributed by atoms with E-state index >= 15 is 0 Å². The molecule has 0 aliphatic carbocycles. The second-order valence-electron chi connectivity index (χ2n) is 5.90. The molecule has 1 saturated heterocycles. The average molecular weight is 328 g/mol. The van der Waals surface area contributed by atoms with E-state index in [-0.39, 0.29) is 23.7 Å². The summed E-state index contributed by atoms with van der Waals surface area (Å²) in [7, 11) is -1.85. The van der Waals surface area contributed by atoms with Gasteiger partial charge in [0.2, 0.25) is 0 Å². The van der Waals surface area contributed by atoms with Gasteiger partial charge in [0.25, 0.3) is 0 Å². The summed E-state index contributed by atoms with van der Waals surface area (Å²) in [5.41, 5.74) is 0.277. The summed E-state index contributed by atoms with van der Waals surface area (Å²) >= 11 is 0. The number of hydrogen-bond donors (Lipinski definition) is 0. The van der Waals surface area contributed by atoms with Gasteiger partial charge < -0.3 is 9.64 Å². The zero-order valence-corrected chi connectivity index (χ0v) is 13.7. The van der Waals surface area contributed by atoms with Crippen molar-refractivity contribution >= 4 is 21.2 Å². The molecular formula is C14H20N2O5S. The Morgan fingerprint density at radius 3 is 2.59 bits per heavy atom. The van der Waals surface area contributed by atoms with Crippen LogP contribution in [0.1, 0.15) is 20.3 Å². The summed E-state index contributed by atoms with van der Waals surface area (Å²) in [5.74, 6) is 0.155. The quantitative estimate of drug-likeness (QED) is 0.623. The molecule has 0 aromatic heterocycles. The first-order chi connectivity index (χ1) is 10.2. The lowest BCUT2D eigenvalue weighted by Crippen LogP contribution is -2.33. The Balaban J connectivity index is 2.44. The maximum atomic E-state index is 12.3. The topological polar surface area (TPSA) is 89.8 Å². The number of nitro groups is 1. The molecule has 0 N–H and O–H groups in total. The van der Waals surface area contributed by atoms with E-state index in [0.29, 0.717) is 18.7 Å². The molecule has 0 unspecified atom stereocenters. The summed E-state index contributed by atoms with van der Waals surface area (Å²) in [6, 6.07) is 4.83. The Morgan fingerprint density at radius 1 is 1.32 bits per heavy atom. The lowest BCUT2D eigenvalue weighted by Gasteiger charge is -2.24. The van der Waals surface area contributed by atoms with Gasteiger partial charge in [-0.2, -0.15) is 0 Å².